The molecule has 2 aliphatic carbocycles. The molecule has 0 aliphatic heterocycles. The lowest BCUT2D eigenvalue weighted by Crippen LogP contribution is -2.29. The van der Waals surface area contributed by atoms with Gasteiger partial charge in [0.1, 0.15) is 11.4 Å². The minimum Gasteiger partial charge on any atom is -0.481 e. The molecule has 0 atom stereocenters. The first-order valence-electron chi connectivity index (χ1n) is 11.7. The molecule has 1 heterocycles. The first-order valence-corrected chi connectivity index (χ1v) is 11.7. The van der Waals surface area contributed by atoms with Crippen LogP contribution in [0.2, 0.25) is 0 Å². The molecule has 2 aliphatic rings. The zero-order valence-electron chi connectivity index (χ0n) is 18.3. The number of rotatable bonds is 6. The number of H-pyrrole nitrogens is 1. The molecule has 7 heteroatoms. The maximum Gasteiger partial charge on any atom is 0.306 e. The van der Waals surface area contributed by atoms with Gasteiger partial charge in [0.05, 0.1) is 11.6 Å². The van der Waals surface area contributed by atoms with Crippen molar-refractivity contribution in [1.29, 1.82) is 5.41 Å². The third kappa shape index (κ3) is 5.21. The Bertz CT molecular complexity index is 1000. The van der Waals surface area contributed by atoms with Crippen LogP contribution < -0.4 is 16.2 Å². The third-order valence-electron chi connectivity index (χ3n) is 6.90. The van der Waals surface area contributed by atoms with E-state index < -0.39 is 5.97 Å². The molecule has 32 heavy (non-hydrogen) atoms. The van der Waals surface area contributed by atoms with Crippen molar-refractivity contribution in [2.75, 3.05) is 10.6 Å². The highest BCUT2D eigenvalue weighted by molar-refractivity contribution is 6.09. The number of nitrogens with one attached hydrogen (secondary N) is 4. The molecule has 4 rings (SSSR count). The predicted octanol–water partition coefficient (Wildman–Crippen LogP) is 4.92. The van der Waals surface area contributed by atoms with Crippen molar-refractivity contribution >= 4 is 23.2 Å². The average Bonchev–Trinajstić information content (AvgIpc) is 2.80. The molecule has 5 N–H and O–H groups in total. The Morgan fingerprint density at radius 1 is 0.969 bits per heavy atom. The van der Waals surface area contributed by atoms with Gasteiger partial charge in [-0.05, 0) is 68.2 Å². The molecule has 0 saturated heterocycles. The van der Waals surface area contributed by atoms with Crippen molar-refractivity contribution in [3.05, 3.63) is 58.0 Å². The van der Waals surface area contributed by atoms with Gasteiger partial charge in [-0.25, -0.2) is 0 Å². The van der Waals surface area contributed by atoms with E-state index in [-0.39, 0.29) is 17.3 Å². The monoisotopic (exact) mass is 436 g/mol. The first kappa shape index (κ1) is 22.1. The normalized spacial score (nSPS) is 21.6. The lowest BCUT2D eigenvalue weighted by atomic mass is 9.79. The number of aliphatic carboxylic acids is 1. The van der Waals surface area contributed by atoms with E-state index in [1.54, 1.807) is 6.20 Å². The van der Waals surface area contributed by atoms with E-state index in [1.807, 2.05) is 30.3 Å². The van der Waals surface area contributed by atoms with Gasteiger partial charge in [-0.2, -0.15) is 0 Å². The summed E-state index contributed by atoms with van der Waals surface area (Å²) in [5.41, 5.74) is 2.70. The maximum atomic E-state index is 12.5. The lowest BCUT2D eigenvalue weighted by molar-refractivity contribution is -0.142. The van der Waals surface area contributed by atoms with Crippen LogP contribution in [-0.4, -0.2) is 27.9 Å². The second kappa shape index (κ2) is 10.0. The summed E-state index contributed by atoms with van der Waals surface area (Å²) in [6.07, 6.45) is 10.6. The van der Waals surface area contributed by atoms with Gasteiger partial charge in [0.25, 0.3) is 5.56 Å². The van der Waals surface area contributed by atoms with E-state index in [2.05, 4.69) is 15.6 Å². The molecule has 0 amide bonds. The second-order valence-electron chi connectivity index (χ2n) is 9.08. The van der Waals surface area contributed by atoms with Crippen LogP contribution in [0.3, 0.4) is 0 Å². The van der Waals surface area contributed by atoms with Crippen molar-refractivity contribution in [1.82, 2.24) is 4.98 Å². The molecule has 0 radical (unpaired) electrons. The fourth-order valence-corrected chi connectivity index (χ4v) is 5.03. The van der Waals surface area contributed by atoms with E-state index >= 15 is 0 Å². The van der Waals surface area contributed by atoms with Gasteiger partial charge in [-0.1, -0.05) is 31.4 Å². The SMILES string of the molecule is N=C(Nc1ccc(C2CCC(C(=O)O)CC2)cc1)c1c(NC2CCCCC2)cc[nH]c1=O. The third-order valence-corrected chi connectivity index (χ3v) is 6.90. The number of carbonyl (C=O) groups is 1. The summed E-state index contributed by atoms with van der Waals surface area (Å²) < 4.78 is 0. The van der Waals surface area contributed by atoms with E-state index in [1.165, 1.54) is 24.8 Å². The van der Waals surface area contributed by atoms with Crippen molar-refractivity contribution in [2.24, 2.45) is 5.92 Å². The fourth-order valence-electron chi connectivity index (χ4n) is 5.03. The number of hydrogen-bond donors (Lipinski definition) is 5. The molecule has 0 unspecified atom stereocenters. The lowest BCUT2D eigenvalue weighted by Gasteiger charge is -2.26. The number of carboxylic acid groups (broad SMARTS) is 1. The van der Waals surface area contributed by atoms with Crippen LogP contribution in [0, 0.1) is 11.3 Å². The number of pyridine rings is 1. The molecule has 0 spiro atoms. The van der Waals surface area contributed by atoms with Crippen molar-refractivity contribution in [3.63, 3.8) is 0 Å². The highest BCUT2D eigenvalue weighted by Gasteiger charge is 2.26. The Balaban J connectivity index is 1.42. The summed E-state index contributed by atoms with van der Waals surface area (Å²) in [4.78, 5) is 26.4. The molecular formula is C25H32N4O3. The minimum atomic E-state index is -0.685. The van der Waals surface area contributed by atoms with E-state index in [4.69, 9.17) is 5.41 Å². The number of anilines is 2. The Hall–Kier alpha value is -3.09. The number of benzene rings is 1. The molecular weight excluding hydrogens is 404 g/mol. The van der Waals surface area contributed by atoms with Crippen LogP contribution in [0.4, 0.5) is 11.4 Å². The Morgan fingerprint density at radius 3 is 2.31 bits per heavy atom. The summed E-state index contributed by atoms with van der Waals surface area (Å²) in [6, 6.07) is 10.1. The van der Waals surface area contributed by atoms with Crippen molar-refractivity contribution < 1.29 is 9.90 Å². The highest BCUT2D eigenvalue weighted by Crippen LogP contribution is 2.36. The smallest absolute Gasteiger partial charge is 0.306 e. The first-order chi connectivity index (χ1) is 15.5. The van der Waals surface area contributed by atoms with Gasteiger partial charge in [-0.15, -0.1) is 0 Å². The van der Waals surface area contributed by atoms with Gasteiger partial charge >= 0.3 is 5.97 Å². The van der Waals surface area contributed by atoms with Crippen LogP contribution in [0.25, 0.3) is 0 Å². The molecule has 2 fully saturated rings. The maximum absolute atomic E-state index is 12.5. The van der Waals surface area contributed by atoms with Crippen LogP contribution in [0.5, 0.6) is 0 Å². The zero-order valence-corrected chi connectivity index (χ0v) is 18.3. The number of amidine groups is 1. The number of aromatic nitrogens is 1. The average molecular weight is 437 g/mol. The summed E-state index contributed by atoms with van der Waals surface area (Å²) in [6.45, 7) is 0. The summed E-state index contributed by atoms with van der Waals surface area (Å²) in [5.74, 6) is -0.454. The van der Waals surface area contributed by atoms with Gasteiger partial charge in [-0.3, -0.25) is 15.0 Å². The van der Waals surface area contributed by atoms with E-state index in [0.717, 1.165) is 44.2 Å². The van der Waals surface area contributed by atoms with Crippen LogP contribution in [-0.2, 0) is 4.79 Å². The molecule has 0 bridgehead atoms. The van der Waals surface area contributed by atoms with Gasteiger partial charge in [0.2, 0.25) is 0 Å². The molecule has 2 saturated carbocycles. The van der Waals surface area contributed by atoms with E-state index in [9.17, 15) is 14.7 Å². The zero-order chi connectivity index (χ0) is 22.5. The predicted molar refractivity (Wildman–Crippen MR) is 127 cm³/mol. The Labute approximate surface area is 188 Å². The molecule has 170 valence electrons. The molecule has 1 aromatic carbocycles. The number of aromatic amines is 1. The quantitative estimate of drug-likeness (QED) is 0.325. The summed E-state index contributed by atoms with van der Waals surface area (Å²) in [5, 5.41) is 24.3. The van der Waals surface area contributed by atoms with Gasteiger partial charge in [0.15, 0.2) is 0 Å². The standard InChI is InChI=1S/C25H32N4O3/c26-23(22-21(14-15-27-24(22)30)28-19-4-2-1-3-5-19)29-20-12-10-17(11-13-20)16-6-8-18(9-7-16)25(31)32/h10-16,18-19H,1-9H2,(H2,26,29)(H,31,32)(H2,27,28,30). The van der Waals surface area contributed by atoms with Crippen LogP contribution in [0.1, 0.15) is 74.8 Å². The van der Waals surface area contributed by atoms with Crippen molar-refractivity contribution in [2.45, 2.75) is 69.7 Å². The van der Waals surface area contributed by atoms with E-state index in [0.29, 0.717) is 23.2 Å². The fraction of sp³-hybridized carbons (Fsp3) is 0.480. The molecule has 7 nitrogen and oxygen atoms in total. The summed E-state index contributed by atoms with van der Waals surface area (Å²) in [7, 11) is 0. The highest BCUT2D eigenvalue weighted by atomic mass is 16.4. The van der Waals surface area contributed by atoms with Gasteiger partial charge < -0.3 is 20.7 Å². The second-order valence-corrected chi connectivity index (χ2v) is 9.08. The molecule has 2 aromatic rings. The Kier molecular flexibility index (Phi) is 6.93. The van der Waals surface area contributed by atoms with Crippen LogP contribution in [0.15, 0.2) is 41.3 Å². The number of carboxylic acids is 1. The number of hydrogen-bond acceptors (Lipinski definition) is 4. The molecule has 1 aromatic heterocycles. The minimum absolute atomic E-state index is 0.0693. The topological polar surface area (TPSA) is 118 Å². The largest absolute Gasteiger partial charge is 0.481 e. The Morgan fingerprint density at radius 2 is 1.66 bits per heavy atom. The van der Waals surface area contributed by atoms with Crippen molar-refractivity contribution in [3.8, 4) is 0 Å². The van der Waals surface area contributed by atoms with Crippen LogP contribution >= 0.6 is 0 Å². The summed E-state index contributed by atoms with van der Waals surface area (Å²) >= 11 is 0. The van der Waals surface area contributed by atoms with Gasteiger partial charge in [0, 0.05) is 17.9 Å².